The monoisotopic (exact) mass is 368 g/mol. The Bertz CT molecular complexity index is 876. The lowest BCUT2D eigenvalue weighted by Gasteiger charge is -2.24. The maximum atomic E-state index is 13.0. The summed E-state index contributed by atoms with van der Waals surface area (Å²) in [4.78, 5) is 38.3. The molecule has 1 saturated carbocycles. The van der Waals surface area contributed by atoms with E-state index in [9.17, 15) is 19.5 Å². The van der Waals surface area contributed by atoms with Crippen molar-refractivity contribution in [3.8, 4) is 0 Å². The van der Waals surface area contributed by atoms with Crippen LogP contribution in [0.4, 0.5) is 5.69 Å². The normalized spacial score (nSPS) is 23.9. The van der Waals surface area contributed by atoms with Gasteiger partial charge < -0.3 is 19.7 Å². The number of likely N-dealkylation sites (tertiary alicyclic amines) is 1. The molecule has 2 amide bonds. The average Bonchev–Trinajstić information content (AvgIpc) is 3.37. The highest BCUT2D eigenvalue weighted by atomic mass is 16.4. The molecule has 2 heterocycles. The first-order valence-electron chi connectivity index (χ1n) is 9.03. The predicted molar refractivity (Wildman–Crippen MR) is 96.4 cm³/mol. The van der Waals surface area contributed by atoms with Gasteiger partial charge in [-0.1, -0.05) is 12.5 Å². The molecule has 27 heavy (non-hydrogen) atoms. The topological polar surface area (TPSA) is 99.9 Å². The number of rotatable bonds is 4. The molecule has 0 spiro atoms. The Balaban J connectivity index is 1.54. The number of anilines is 1. The van der Waals surface area contributed by atoms with Gasteiger partial charge in [-0.2, -0.15) is 0 Å². The average molecular weight is 368 g/mol. The van der Waals surface area contributed by atoms with Gasteiger partial charge in [0.15, 0.2) is 5.76 Å². The van der Waals surface area contributed by atoms with Crippen molar-refractivity contribution in [2.24, 2.45) is 11.8 Å². The van der Waals surface area contributed by atoms with Crippen LogP contribution in [-0.4, -0.2) is 40.4 Å². The fourth-order valence-electron chi connectivity index (χ4n) is 4.33. The smallest absolute Gasteiger partial charge is 0.326 e. The second-order valence-electron chi connectivity index (χ2n) is 7.11. The van der Waals surface area contributed by atoms with Gasteiger partial charge in [0.05, 0.1) is 6.26 Å². The molecule has 2 aromatic rings. The molecule has 1 aliphatic heterocycles. The highest BCUT2D eigenvalue weighted by Crippen LogP contribution is 2.42. The Morgan fingerprint density at radius 1 is 1.15 bits per heavy atom. The number of nitrogens with one attached hydrogen (secondary N) is 1. The van der Waals surface area contributed by atoms with E-state index in [1.807, 2.05) is 0 Å². The van der Waals surface area contributed by atoms with Gasteiger partial charge in [0.1, 0.15) is 6.04 Å². The van der Waals surface area contributed by atoms with Crippen molar-refractivity contribution in [2.45, 2.75) is 25.3 Å². The number of amides is 2. The van der Waals surface area contributed by atoms with Crippen molar-refractivity contribution in [2.75, 3.05) is 11.9 Å². The molecule has 2 fully saturated rings. The first kappa shape index (κ1) is 17.3. The fraction of sp³-hybridized carbons (Fsp3) is 0.350. The number of nitrogens with zero attached hydrogens (tertiary/aromatic N) is 1. The van der Waals surface area contributed by atoms with Crippen LogP contribution in [0, 0.1) is 11.8 Å². The van der Waals surface area contributed by atoms with Gasteiger partial charge in [-0.3, -0.25) is 9.59 Å². The third-order valence-electron chi connectivity index (χ3n) is 5.52. The van der Waals surface area contributed by atoms with Crippen LogP contribution in [0.15, 0.2) is 47.1 Å². The maximum absolute atomic E-state index is 13.0. The van der Waals surface area contributed by atoms with E-state index < -0.39 is 17.9 Å². The zero-order valence-corrected chi connectivity index (χ0v) is 14.6. The van der Waals surface area contributed by atoms with Crippen molar-refractivity contribution < 1.29 is 23.9 Å². The van der Waals surface area contributed by atoms with Crippen LogP contribution in [0.1, 0.15) is 40.2 Å². The lowest BCUT2D eigenvalue weighted by Crippen LogP contribution is -2.43. The van der Waals surface area contributed by atoms with Crippen molar-refractivity contribution in [1.82, 2.24) is 4.90 Å². The summed E-state index contributed by atoms with van der Waals surface area (Å²) in [6.07, 6.45) is 4.25. The Morgan fingerprint density at radius 3 is 2.74 bits per heavy atom. The Labute approximate surface area is 156 Å². The van der Waals surface area contributed by atoms with Crippen LogP contribution in [0.5, 0.6) is 0 Å². The zero-order chi connectivity index (χ0) is 19.0. The number of hydrogen-bond donors (Lipinski definition) is 2. The van der Waals surface area contributed by atoms with Gasteiger partial charge in [0.2, 0.25) is 0 Å². The summed E-state index contributed by atoms with van der Waals surface area (Å²) in [7, 11) is 0. The van der Waals surface area contributed by atoms with E-state index in [1.54, 1.807) is 36.4 Å². The third-order valence-corrected chi connectivity index (χ3v) is 5.52. The molecule has 2 N–H and O–H groups in total. The lowest BCUT2D eigenvalue weighted by atomic mass is 9.94. The molecule has 1 aromatic heterocycles. The van der Waals surface area contributed by atoms with Crippen molar-refractivity contribution in [3.63, 3.8) is 0 Å². The highest BCUT2D eigenvalue weighted by Gasteiger charge is 2.49. The molecule has 0 radical (unpaired) electrons. The van der Waals surface area contributed by atoms with Crippen molar-refractivity contribution in [3.05, 3.63) is 54.0 Å². The van der Waals surface area contributed by atoms with Crippen LogP contribution in [0.3, 0.4) is 0 Å². The van der Waals surface area contributed by atoms with Crippen LogP contribution in [-0.2, 0) is 4.79 Å². The number of hydrogen-bond acceptors (Lipinski definition) is 4. The number of carbonyl (C=O) groups is 3. The molecule has 1 saturated heterocycles. The van der Waals surface area contributed by atoms with Gasteiger partial charge in [0, 0.05) is 17.8 Å². The molecule has 1 aliphatic carbocycles. The molecular weight excluding hydrogens is 348 g/mol. The second-order valence-corrected chi connectivity index (χ2v) is 7.11. The molecule has 2 aliphatic rings. The summed E-state index contributed by atoms with van der Waals surface area (Å²) < 4.78 is 5.06. The van der Waals surface area contributed by atoms with E-state index in [1.165, 1.54) is 11.2 Å². The standard InChI is InChI=1S/C20H20N2O5/c23-18(16-8-3-9-27-16)21-14-6-1-4-12(10-14)19(24)22-11-13-5-2-7-15(13)17(22)20(25)26/h1,3-4,6,8-10,13,15,17H,2,5,7,11H2,(H,21,23)(H,25,26). The fourth-order valence-corrected chi connectivity index (χ4v) is 4.33. The molecule has 7 nitrogen and oxygen atoms in total. The molecule has 3 unspecified atom stereocenters. The lowest BCUT2D eigenvalue weighted by molar-refractivity contribution is -0.142. The van der Waals surface area contributed by atoms with Gasteiger partial charge >= 0.3 is 5.97 Å². The number of furan rings is 1. The molecule has 1 aromatic carbocycles. The van der Waals surface area contributed by atoms with Gasteiger partial charge in [-0.25, -0.2) is 4.79 Å². The summed E-state index contributed by atoms with van der Waals surface area (Å²) in [5.74, 6) is -1.20. The minimum atomic E-state index is -0.944. The summed E-state index contributed by atoms with van der Waals surface area (Å²) in [6, 6.07) is 8.93. The Morgan fingerprint density at radius 2 is 2.00 bits per heavy atom. The molecule has 0 bridgehead atoms. The quantitative estimate of drug-likeness (QED) is 0.864. The van der Waals surface area contributed by atoms with E-state index in [4.69, 9.17) is 4.42 Å². The third kappa shape index (κ3) is 3.20. The summed E-state index contributed by atoms with van der Waals surface area (Å²) in [6.45, 7) is 0.476. The maximum Gasteiger partial charge on any atom is 0.326 e. The largest absolute Gasteiger partial charge is 0.480 e. The zero-order valence-electron chi connectivity index (χ0n) is 14.6. The first-order chi connectivity index (χ1) is 13.0. The molecule has 7 heteroatoms. The molecule has 140 valence electrons. The second kappa shape index (κ2) is 6.90. The minimum Gasteiger partial charge on any atom is -0.480 e. The molecular formula is C20H20N2O5. The van der Waals surface area contributed by atoms with E-state index in [2.05, 4.69) is 5.32 Å². The Kier molecular flexibility index (Phi) is 4.43. The van der Waals surface area contributed by atoms with Crippen LogP contribution >= 0.6 is 0 Å². The number of carboxylic acids is 1. The van der Waals surface area contributed by atoms with Crippen molar-refractivity contribution >= 4 is 23.5 Å². The SMILES string of the molecule is O=C(Nc1cccc(C(=O)N2CC3CCCC3C2C(=O)O)c1)c1ccco1. The van der Waals surface area contributed by atoms with Crippen LogP contribution < -0.4 is 5.32 Å². The summed E-state index contributed by atoms with van der Waals surface area (Å²) >= 11 is 0. The number of benzene rings is 1. The van der Waals surface area contributed by atoms with E-state index in [0.29, 0.717) is 17.8 Å². The first-order valence-corrected chi connectivity index (χ1v) is 9.03. The molecule has 3 atom stereocenters. The van der Waals surface area contributed by atoms with E-state index in [0.717, 1.165) is 19.3 Å². The van der Waals surface area contributed by atoms with Crippen LogP contribution in [0.25, 0.3) is 0 Å². The summed E-state index contributed by atoms with van der Waals surface area (Å²) in [5, 5.41) is 12.3. The highest BCUT2D eigenvalue weighted by molar-refractivity contribution is 6.03. The minimum absolute atomic E-state index is 0.0355. The number of carboxylic acid groups (broad SMARTS) is 1. The van der Waals surface area contributed by atoms with Crippen molar-refractivity contribution in [1.29, 1.82) is 0 Å². The predicted octanol–water partition coefficient (Wildman–Crippen LogP) is 2.86. The Hall–Kier alpha value is -3.09. The van der Waals surface area contributed by atoms with Gasteiger partial charge in [0.25, 0.3) is 11.8 Å². The summed E-state index contributed by atoms with van der Waals surface area (Å²) in [5.41, 5.74) is 0.812. The van der Waals surface area contributed by atoms with E-state index >= 15 is 0 Å². The van der Waals surface area contributed by atoms with Gasteiger partial charge in [-0.15, -0.1) is 0 Å². The number of aliphatic carboxylic acids is 1. The number of fused-ring (bicyclic) bond motifs is 1. The van der Waals surface area contributed by atoms with E-state index in [-0.39, 0.29) is 23.5 Å². The van der Waals surface area contributed by atoms with Gasteiger partial charge in [-0.05, 0) is 55.0 Å². The van der Waals surface area contributed by atoms with Crippen LogP contribution in [0.2, 0.25) is 0 Å². The molecule has 4 rings (SSSR count). The number of carbonyl (C=O) groups excluding carboxylic acids is 2.